The van der Waals surface area contributed by atoms with Crippen LogP contribution in [0, 0.1) is 12.7 Å². The van der Waals surface area contributed by atoms with Crippen molar-refractivity contribution >= 4 is 5.82 Å². The highest BCUT2D eigenvalue weighted by molar-refractivity contribution is 5.78. The summed E-state index contributed by atoms with van der Waals surface area (Å²) in [6.07, 6.45) is 1.56. The molecule has 1 aromatic heterocycles. The number of nitrogens with zero attached hydrogens (tertiary/aromatic N) is 2. The van der Waals surface area contributed by atoms with Gasteiger partial charge in [-0.1, -0.05) is 0 Å². The van der Waals surface area contributed by atoms with Crippen LogP contribution < -0.4 is 10.5 Å². The number of methoxy groups -OCH3 is 1. The van der Waals surface area contributed by atoms with Gasteiger partial charge in [0.2, 0.25) is 0 Å². The maximum Gasteiger partial charge on any atom is 0.131 e. The Morgan fingerprint density at radius 2 is 2.12 bits per heavy atom. The molecule has 0 amide bonds. The second-order valence-electron chi connectivity index (χ2n) is 3.82. The van der Waals surface area contributed by atoms with Crippen LogP contribution in [0.1, 0.15) is 5.56 Å². The molecule has 2 rings (SSSR count). The zero-order chi connectivity index (χ0) is 12.6. The molecule has 4 nitrogen and oxygen atoms in total. The fourth-order valence-electron chi connectivity index (χ4n) is 1.85. The summed E-state index contributed by atoms with van der Waals surface area (Å²) in [6.45, 7) is 1.80. The van der Waals surface area contributed by atoms with E-state index in [2.05, 4.69) is 5.10 Å². The van der Waals surface area contributed by atoms with E-state index < -0.39 is 0 Å². The van der Waals surface area contributed by atoms with Crippen LogP contribution in [0.15, 0.2) is 18.3 Å². The maximum absolute atomic E-state index is 13.9. The molecule has 1 heterocycles. The number of hydrogen-bond donors (Lipinski definition) is 1. The third kappa shape index (κ3) is 1.73. The van der Waals surface area contributed by atoms with Crippen molar-refractivity contribution in [2.24, 2.45) is 7.05 Å². The summed E-state index contributed by atoms with van der Waals surface area (Å²) >= 11 is 0. The lowest BCUT2D eigenvalue weighted by atomic mass is 10.0. The van der Waals surface area contributed by atoms with Crippen LogP contribution in [-0.2, 0) is 7.05 Å². The van der Waals surface area contributed by atoms with Gasteiger partial charge in [0, 0.05) is 23.7 Å². The van der Waals surface area contributed by atoms with Crippen molar-refractivity contribution in [1.82, 2.24) is 9.78 Å². The minimum absolute atomic E-state index is 0.331. The molecule has 2 aromatic rings. The zero-order valence-corrected chi connectivity index (χ0v) is 9.99. The molecular weight excluding hydrogens is 221 g/mol. The van der Waals surface area contributed by atoms with Crippen LogP contribution in [0.5, 0.6) is 5.75 Å². The van der Waals surface area contributed by atoms with Crippen molar-refractivity contribution in [2.75, 3.05) is 12.8 Å². The van der Waals surface area contributed by atoms with Crippen LogP contribution in [0.2, 0.25) is 0 Å². The third-order valence-corrected chi connectivity index (χ3v) is 2.84. The molecule has 1 aromatic carbocycles. The number of nitrogen functional groups attached to an aromatic ring is 1. The lowest BCUT2D eigenvalue weighted by Crippen LogP contribution is -2.00. The Labute approximate surface area is 98.8 Å². The summed E-state index contributed by atoms with van der Waals surface area (Å²) in [7, 11) is 3.27. The summed E-state index contributed by atoms with van der Waals surface area (Å²) in [5.74, 6) is 0.730. The number of halogens is 1. The molecule has 0 fully saturated rings. The second kappa shape index (κ2) is 4.08. The topological polar surface area (TPSA) is 53.1 Å². The molecule has 17 heavy (non-hydrogen) atoms. The smallest absolute Gasteiger partial charge is 0.131 e. The van der Waals surface area contributed by atoms with E-state index in [0.29, 0.717) is 28.3 Å². The van der Waals surface area contributed by atoms with Crippen LogP contribution in [0.25, 0.3) is 11.1 Å². The van der Waals surface area contributed by atoms with Crippen LogP contribution in [0.3, 0.4) is 0 Å². The van der Waals surface area contributed by atoms with Gasteiger partial charge in [-0.15, -0.1) is 0 Å². The van der Waals surface area contributed by atoms with Gasteiger partial charge in [-0.05, 0) is 19.1 Å². The predicted octanol–water partition coefficient (Wildman–Crippen LogP) is 2.13. The van der Waals surface area contributed by atoms with Crippen LogP contribution >= 0.6 is 0 Å². The molecule has 0 atom stereocenters. The van der Waals surface area contributed by atoms with Gasteiger partial charge in [-0.2, -0.15) is 5.10 Å². The Kier molecular flexibility index (Phi) is 2.75. The predicted molar refractivity (Wildman–Crippen MR) is 64.3 cm³/mol. The average molecular weight is 235 g/mol. The molecule has 0 bridgehead atoms. The fourth-order valence-corrected chi connectivity index (χ4v) is 1.85. The zero-order valence-electron chi connectivity index (χ0n) is 9.99. The SMILES string of the molecule is COc1ccc(F)c(-c2cnn(C)c2N)c1C. The van der Waals surface area contributed by atoms with Gasteiger partial charge in [0.05, 0.1) is 13.3 Å². The van der Waals surface area contributed by atoms with E-state index in [9.17, 15) is 4.39 Å². The van der Waals surface area contributed by atoms with Crippen molar-refractivity contribution in [1.29, 1.82) is 0 Å². The summed E-state index contributed by atoms with van der Waals surface area (Å²) in [5, 5.41) is 4.01. The maximum atomic E-state index is 13.9. The monoisotopic (exact) mass is 235 g/mol. The Balaban J connectivity index is 2.70. The molecule has 0 saturated heterocycles. The Morgan fingerprint density at radius 3 is 2.65 bits per heavy atom. The molecule has 5 heteroatoms. The normalized spacial score (nSPS) is 10.6. The van der Waals surface area contributed by atoms with Gasteiger partial charge < -0.3 is 10.5 Å². The Bertz CT molecular complexity index is 563. The summed E-state index contributed by atoms with van der Waals surface area (Å²) < 4.78 is 20.6. The van der Waals surface area contributed by atoms with Crippen LogP contribution in [0.4, 0.5) is 10.2 Å². The van der Waals surface area contributed by atoms with Gasteiger partial charge in [-0.3, -0.25) is 4.68 Å². The van der Waals surface area contributed by atoms with E-state index in [1.54, 1.807) is 33.3 Å². The number of hydrogen-bond acceptors (Lipinski definition) is 3. The lowest BCUT2D eigenvalue weighted by molar-refractivity contribution is 0.411. The van der Waals surface area contributed by atoms with Gasteiger partial charge in [-0.25, -0.2) is 4.39 Å². The number of aryl methyl sites for hydroxylation is 1. The van der Waals surface area contributed by atoms with Gasteiger partial charge in [0.25, 0.3) is 0 Å². The van der Waals surface area contributed by atoms with Crippen molar-refractivity contribution in [2.45, 2.75) is 6.92 Å². The van der Waals surface area contributed by atoms with Crippen molar-refractivity contribution < 1.29 is 9.13 Å². The quantitative estimate of drug-likeness (QED) is 0.867. The first-order valence-corrected chi connectivity index (χ1v) is 5.17. The van der Waals surface area contributed by atoms with E-state index in [-0.39, 0.29) is 5.82 Å². The first kappa shape index (κ1) is 11.4. The molecule has 0 aliphatic carbocycles. The largest absolute Gasteiger partial charge is 0.496 e. The molecule has 0 saturated carbocycles. The van der Waals surface area contributed by atoms with Crippen molar-refractivity contribution in [3.63, 3.8) is 0 Å². The van der Waals surface area contributed by atoms with Gasteiger partial charge in [0.1, 0.15) is 17.4 Å². The third-order valence-electron chi connectivity index (χ3n) is 2.84. The lowest BCUT2D eigenvalue weighted by Gasteiger charge is -2.11. The van der Waals surface area contributed by atoms with E-state index in [1.165, 1.54) is 10.7 Å². The number of nitrogens with two attached hydrogens (primary N) is 1. The van der Waals surface area contributed by atoms with Gasteiger partial charge >= 0.3 is 0 Å². The van der Waals surface area contributed by atoms with E-state index in [1.807, 2.05) is 0 Å². The average Bonchev–Trinajstić information content (AvgIpc) is 2.62. The minimum atomic E-state index is -0.331. The Morgan fingerprint density at radius 1 is 1.41 bits per heavy atom. The highest BCUT2D eigenvalue weighted by Gasteiger charge is 2.17. The second-order valence-corrected chi connectivity index (χ2v) is 3.82. The highest BCUT2D eigenvalue weighted by Crippen LogP contribution is 2.35. The van der Waals surface area contributed by atoms with E-state index in [0.717, 1.165) is 0 Å². The first-order chi connectivity index (χ1) is 8.06. The van der Waals surface area contributed by atoms with Gasteiger partial charge in [0.15, 0.2) is 0 Å². The molecule has 0 unspecified atom stereocenters. The van der Waals surface area contributed by atoms with Crippen molar-refractivity contribution in [3.05, 3.63) is 29.7 Å². The molecular formula is C12H14FN3O. The number of aromatic nitrogens is 2. The number of anilines is 1. The molecule has 0 radical (unpaired) electrons. The van der Waals surface area contributed by atoms with Crippen molar-refractivity contribution in [3.8, 4) is 16.9 Å². The number of ether oxygens (including phenoxy) is 1. The molecule has 0 spiro atoms. The highest BCUT2D eigenvalue weighted by atomic mass is 19.1. The Hall–Kier alpha value is -2.04. The fraction of sp³-hybridized carbons (Fsp3) is 0.250. The molecule has 0 aliphatic rings. The minimum Gasteiger partial charge on any atom is -0.496 e. The van der Waals surface area contributed by atoms with Crippen LogP contribution in [-0.4, -0.2) is 16.9 Å². The molecule has 0 aliphatic heterocycles. The molecule has 90 valence electrons. The number of rotatable bonds is 2. The molecule has 2 N–H and O–H groups in total. The summed E-state index contributed by atoms with van der Waals surface area (Å²) in [6, 6.07) is 2.97. The van der Waals surface area contributed by atoms with E-state index >= 15 is 0 Å². The number of benzene rings is 1. The standard InChI is InChI=1S/C12H14FN3O/c1-7-10(17-3)5-4-9(13)11(7)8-6-15-16(2)12(8)14/h4-6H,14H2,1-3H3. The first-order valence-electron chi connectivity index (χ1n) is 5.17. The summed E-state index contributed by atoms with van der Waals surface area (Å²) in [4.78, 5) is 0. The van der Waals surface area contributed by atoms with E-state index in [4.69, 9.17) is 10.5 Å². The summed E-state index contributed by atoms with van der Waals surface area (Å²) in [5.41, 5.74) is 7.60.